The van der Waals surface area contributed by atoms with Gasteiger partial charge in [0.2, 0.25) is 0 Å². The quantitative estimate of drug-likeness (QED) is 0.791. The topological polar surface area (TPSA) is 29.9 Å². The molecule has 0 spiro atoms. The van der Waals surface area contributed by atoms with Crippen LogP contribution in [-0.4, -0.2) is 22.4 Å². The van der Waals surface area contributed by atoms with Crippen molar-refractivity contribution in [3.05, 3.63) is 16.9 Å². The van der Waals surface area contributed by atoms with Gasteiger partial charge in [-0.05, 0) is 32.2 Å². The number of hydrogen-bond acceptors (Lipinski definition) is 2. The van der Waals surface area contributed by atoms with Crippen molar-refractivity contribution in [3.63, 3.8) is 0 Å². The van der Waals surface area contributed by atoms with Crippen molar-refractivity contribution in [1.29, 1.82) is 0 Å². The predicted molar refractivity (Wildman–Crippen MR) is 85.4 cm³/mol. The van der Waals surface area contributed by atoms with Gasteiger partial charge in [0.05, 0.1) is 16.9 Å². The van der Waals surface area contributed by atoms with E-state index in [-0.39, 0.29) is 0 Å². The van der Waals surface area contributed by atoms with Crippen LogP contribution in [0.1, 0.15) is 70.4 Å². The third kappa shape index (κ3) is 3.76. The lowest BCUT2D eigenvalue weighted by atomic mass is 9.91. The molecular weight excluding hydrogens is 270 g/mol. The predicted octanol–water partition coefficient (Wildman–Crippen LogP) is 4.36. The van der Waals surface area contributed by atoms with Crippen LogP contribution in [0.2, 0.25) is 5.02 Å². The van der Waals surface area contributed by atoms with Gasteiger partial charge in [-0.25, -0.2) is 0 Å². The maximum atomic E-state index is 6.46. The molecule has 114 valence electrons. The first kappa shape index (κ1) is 15.8. The number of hydrogen-bond donors (Lipinski definition) is 1. The second-order valence-electron chi connectivity index (χ2n) is 5.91. The second kappa shape index (κ2) is 8.04. The van der Waals surface area contributed by atoms with Crippen molar-refractivity contribution in [2.24, 2.45) is 0 Å². The molecule has 1 aromatic rings. The van der Waals surface area contributed by atoms with Gasteiger partial charge in [-0.15, -0.1) is 0 Å². The van der Waals surface area contributed by atoms with Crippen LogP contribution in [0.4, 0.5) is 0 Å². The van der Waals surface area contributed by atoms with Crippen LogP contribution in [-0.2, 0) is 6.54 Å². The van der Waals surface area contributed by atoms with E-state index in [4.69, 9.17) is 11.6 Å². The molecule has 0 radical (unpaired) electrons. The van der Waals surface area contributed by atoms with E-state index in [2.05, 4.69) is 28.9 Å². The first-order chi connectivity index (χ1) is 9.77. The highest BCUT2D eigenvalue weighted by atomic mass is 35.5. The SMILES string of the molecule is CCCNC1CCCCCC1c1c(Cl)cnn1CCC. The molecular formula is C16H28ClN3. The molecule has 0 bridgehead atoms. The van der Waals surface area contributed by atoms with E-state index in [1.54, 1.807) is 0 Å². The van der Waals surface area contributed by atoms with E-state index >= 15 is 0 Å². The van der Waals surface area contributed by atoms with Crippen molar-refractivity contribution >= 4 is 11.6 Å². The second-order valence-corrected chi connectivity index (χ2v) is 6.31. The van der Waals surface area contributed by atoms with E-state index in [0.29, 0.717) is 12.0 Å². The highest BCUT2D eigenvalue weighted by Crippen LogP contribution is 2.35. The summed E-state index contributed by atoms with van der Waals surface area (Å²) in [7, 11) is 0. The van der Waals surface area contributed by atoms with Gasteiger partial charge < -0.3 is 5.32 Å². The Morgan fingerprint density at radius 2 is 2.05 bits per heavy atom. The van der Waals surface area contributed by atoms with Crippen LogP contribution in [0.5, 0.6) is 0 Å². The number of nitrogens with one attached hydrogen (secondary N) is 1. The Morgan fingerprint density at radius 1 is 1.25 bits per heavy atom. The minimum atomic E-state index is 0.519. The first-order valence-electron chi connectivity index (χ1n) is 8.22. The standard InChI is InChI=1S/C16H28ClN3/c1-3-10-18-15-9-7-5-6-8-13(15)16-14(17)12-19-20(16)11-4-2/h12-13,15,18H,3-11H2,1-2H3. The zero-order chi connectivity index (χ0) is 14.4. The number of aromatic nitrogens is 2. The van der Waals surface area contributed by atoms with Crippen LogP contribution >= 0.6 is 11.6 Å². The number of nitrogens with zero attached hydrogens (tertiary/aromatic N) is 2. The van der Waals surface area contributed by atoms with E-state index in [9.17, 15) is 0 Å². The zero-order valence-corrected chi connectivity index (χ0v) is 13.6. The minimum absolute atomic E-state index is 0.519. The van der Waals surface area contributed by atoms with E-state index in [1.165, 1.54) is 44.2 Å². The Morgan fingerprint density at radius 3 is 2.80 bits per heavy atom. The summed E-state index contributed by atoms with van der Waals surface area (Å²) in [6.07, 6.45) is 10.6. The van der Waals surface area contributed by atoms with E-state index < -0.39 is 0 Å². The lowest BCUT2D eigenvalue weighted by Crippen LogP contribution is -2.36. The fourth-order valence-electron chi connectivity index (χ4n) is 3.34. The number of aryl methyl sites for hydroxylation is 1. The largest absolute Gasteiger partial charge is 0.313 e. The highest BCUT2D eigenvalue weighted by molar-refractivity contribution is 6.31. The Hall–Kier alpha value is -0.540. The first-order valence-corrected chi connectivity index (χ1v) is 8.60. The normalized spacial score (nSPS) is 23.8. The third-order valence-corrected chi connectivity index (χ3v) is 4.58. The summed E-state index contributed by atoms with van der Waals surface area (Å²) in [6.45, 7) is 6.49. The lowest BCUT2D eigenvalue weighted by Gasteiger charge is -2.27. The molecule has 1 fully saturated rings. The Labute approximate surface area is 128 Å². The Balaban J connectivity index is 2.22. The molecule has 3 nitrogen and oxygen atoms in total. The van der Waals surface area contributed by atoms with Crippen LogP contribution < -0.4 is 5.32 Å². The Kier molecular flexibility index (Phi) is 6.37. The monoisotopic (exact) mass is 297 g/mol. The molecule has 0 aliphatic heterocycles. The average molecular weight is 298 g/mol. The molecule has 2 rings (SSSR count). The minimum Gasteiger partial charge on any atom is -0.313 e. The van der Waals surface area contributed by atoms with Gasteiger partial charge in [-0.2, -0.15) is 5.10 Å². The molecule has 0 aromatic carbocycles. The van der Waals surface area contributed by atoms with Crippen molar-refractivity contribution in [3.8, 4) is 0 Å². The molecule has 1 aliphatic carbocycles. The molecule has 1 aliphatic rings. The molecule has 20 heavy (non-hydrogen) atoms. The summed E-state index contributed by atoms with van der Waals surface area (Å²) < 4.78 is 2.14. The molecule has 1 saturated carbocycles. The lowest BCUT2D eigenvalue weighted by molar-refractivity contribution is 0.388. The maximum Gasteiger partial charge on any atom is 0.0821 e. The smallest absolute Gasteiger partial charge is 0.0821 e. The zero-order valence-electron chi connectivity index (χ0n) is 12.9. The van der Waals surface area contributed by atoms with Crippen LogP contribution in [0.25, 0.3) is 0 Å². The average Bonchev–Trinajstić information content (AvgIpc) is 2.67. The van der Waals surface area contributed by atoms with E-state index in [0.717, 1.165) is 24.5 Å². The van der Waals surface area contributed by atoms with Crippen LogP contribution in [0, 0.1) is 0 Å². The third-order valence-electron chi connectivity index (χ3n) is 4.29. The van der Waals surface area contributed by atoms with Gasteiger partial charge in [0.1, 0.15) is 0 Å². The van der Waals surface area contributed by atoms with Gasteiger partial charge in [0, 0.05) is 18.5 Å². The summed E-state index contributed by atoms with van der Waals surface area (Å²) in [5.41, 5.74) is 1.27. The van der Waals surface area contributed by atoms with Gasteiger partial charge in [-0.3, -0.25) is 4.68 Å². The molecule has 0 saturated heterocycles. The molecule has 2 atom stereocenters. The summed E-state index contributed by atoms with van der Waals surface area (Å²) >= 11 is 6.46. The molecule has 0 amide bonds. The molecule has 2 unspecified atom stereocenters. The van der Waals surface area contributed by atoms with Gasteiger partial charge in [0.15, 0.2) is 0 Å². The molecule has 1 aromatic heterocycles. The summed E-state index contributed by atoms with van der Waals surface area (Å²) in [6, 6.07) is 0.558. The summed E-state index contributed by atoms with van der Waals surface area (Å²) in [4.78, 5) is 0. The van der Waals surface area contributed by atoms with Crippen molar-refractivity contribution in [2.75, 3.05) is 6.54 Å². The molecule has 4 heteroatoms. The Bertz CT molecular complexity index is 402. The van der Waals surface area contributed by atoms with Crippen molar-refractivity contribution < 1.29 is 0 Å². The van der Waals surface area contributed by atoms with Gasteiger partial charge >= 0.3 is 0 Å². The fourth-order valence-corrected chi connectivity index (χ4v) is 3.62. The number of rotatable bonds is 6. The van der Waals surface area contributed by atoms with Gasteiger partial charge in [0.25, 0.3) is 0 Å². The van der Waals surface area contributed by atoms with Gasteiger partial charge in [-0.1, -0.05) is 44.7 Å². The van der Waals surface area contributed by atoms with Crippen molar-refractivity contribution in [1.82, 2.24) is 15.1 Å². The van der Waals surface area contributed by atoms with Crippen molar-refractivity contribution in [2.45, 2.75) is 77.3 Å². The maximum absolute atomic E-state index is 6.46. The fraction of sp³-hybridized carbons (Fsp3) is 0.812. The highest BCUT2D eigenvalue weighted by Gasteiger charge is 2.29. The molecule has 1 N–H and O–H groups in total. The van der Waals surface area contributed by atoms with Crippen LogP contribution in [0.15, 0.2) is 6.20 Å². The summed E-state index contributed by atoms with van der Waals surface area (Å²) in [5, 5.41) is 9.08. The van der Waals surface area contributed by atoms with E-state index in [1.807, 2.05) is 6.20 Å². The summed E-state index contributed by atoms with van der Waals surface area (Å²) in [5.74, 6) is 0.519. The number of halogens is 1. The van der Waals surface area contributed by atoms with Crippen LogP contribution in [0.3, 0.4) is 0 Å². The molecule has 1 heterocycles.